The Hall–Kier alpha value is -3.34. The van der Waals surface area contributed by atoms with Crippen LogP contribution in [0, 0.1) is 12.7 Å². The number of aryl methyl sites for hydroxylation is 1. The van der Waals surface area contributed by atoms with Crippen LogP contribution in [-0.2, 0) is 6.54 Å². The molecular weight excluding hydrogens is 339 g/mol. The van der Waals surface area contributed by atoms with E-state index in [-0.39, 0.29) is 5.82 Å². The summed E-state index contributed by atoms with van der Waals surface area (Å²) in [5, 5.41) is 3.20. The van der Waals surface area contributed by atoms with Crippen molar-refractivity contribution in [1.29, 1.82) is 0 Å². The standard InChI is InChI=1S/C22H23FN4/c1-15-8-6-7-9-20(15)27(14-18-10-12-19(23)13-11-18)21-16(2)25-17(3)26(5)22(21)24-4/h6-13,25H,2-4,14H2,1,5H3. The lowest BCUT2D eigenvalue weighted by molar-refractivity contribution is 0.455. The zero-order valence-corrected chi connectivity index (χ0v) is 15.7. The van der Waals surface area contributed by atoms with Crippen molar-refractivity contribution in [3.05, 3.63) is 102 Å². The van der Waals surface area contributed by atoms with E-state index in [1.165, 1.54) is 12.1 Å². The molecule has 0 radical (unpaired) electrons. The maximum atomic E-state index is 13.4. The van der Waals surface area contributed by atoms with E-state index < -0.39 is 0 Å². The molecule has 1 N–H and O–H groups in total. The summed E-state index contributed by atoms with van der Waals surface area (Å²) in [7, 11) is 1.87. The highest BCUT2D eigenvalue weighted by Crippen LogP contribution is 2.34. The van der Waals surface area contributed by atoms with Gasteiger partial charge in [0.05, 0.1) is 5.70 Å². The van der Waals surface area contributed by atoms with Crippen molar-refractivity contribution < 1.29 is 4.39 Å². The van der Waals surface area contributed by atoms with Gasteiger partial charge in [0, 0.05) is 19.3 Å². The van der Waals surface area contributed by atoms with Crippen LogP contribution in [-0.4, -0.2) is 18.7 Å². The van der Waals surface area contributed by atoms with Gasteiger partial charge in [-0.1, -0.05) is 43.5 Å². The predicted octanol–water partition coefficient (Wildman–Crippen LogP) is 4.53. The molecule has 1 aliphatic heterocycles. The number of rotatable bonds is 5. The van der Waals surface area contributed by atoms with Gasteiger partial charge in [0.1, 0.15) is 17.3 Å². The van der Waals surface area contributed by atoms with E-state index in [0.717, 1.165) is 22.5 Å². The predicted molar refractivity (Wildman–Crippen MR) is 110 cm³/mol. The molecule has 0 unspecified atom stereocenters. The summed E-state index contributed by atoms with van der Waals surface area (Å²) in [4.78, 5) is 8.19. The molecule has 0 saturated heterocycles. The Balaban J connectivity index is 2.16. The monoisotopic (exact) mass is 362 g/mol. The number of anilines is 1. The van der Waals surface area contributed by atoms with Gasteiger partial charge in [-0.15, -0.1) is 0 Å². The summed E-state index contributed by atoms with van der Waals surface area (Å²) in [6.45, 7) is 14.5. The van der Waals surface area contributed by atoms with E-state index in [0.29, 0.717) is 23.9 Å². The first kappa shape index (κ1) is 18.5. The van der Waals surface area contributed by atoms with Gasteiger partial charge in [-0.05, 0) is 43.0 Å². The number of aliphatic imine (C=N–C) groups is 1. The van der Waals surface area contributed by atoms with E-state index in [4.69, 9.17) is 0 Å². The Morgan fingerprint density at radius 2 is 1.78 bits per heavy atom. The van der Waals surface area contributed by atoms with Crippen LogP contribution in [0.15, 0.2) is 89.7 Å². The molecule has 0 bridgehead atoms. The van der Waals surface area contributed by atoms with Crippen molar-refractivity contribution in [2.75, 3.05) is 11.9 Å². The molecule has 0 amide bonds. The average molecular weight is 362 g/mol. The van der Waals surface area contributed by atoms with Crippen molar-refractivity contribution in [3.63, 3.8) is 0 Å². The Kier molecular flexibility index (Phi) is 5.12. The number of hydrogen-bond donors (Lipinski definition) is 1. The highest BCUT2D eigenvalue weighted by molar-refractivity contribution is 5.63. The minimum absolute atomic E-state index is 0.256. The highest BCUT2D eigenvalue weighted by Gasteiger charge is 2.28. The molecule has 2 aromatic rings. The van der Waals surface area contributed by atoms with Crippen LogP contribution in [0.25, 0.3) is 0 Å². The molecule has 1 heterocycles. The topological polar surface area (TPSA) is 30.9 Å². The van der Waals surface area contributed by atoms with Crippen molar-refractivity contribution in [2.45, 2.75) is 13.5 Å². The number of nitrogens with one attached hydrogen (secondary N) is 1. The Bertz CT molecular complexity index is 928. The molecular formula is C22H23FN4. The van der Waals surface area contributed by atoms with Crippen molar-refractivity contribution >= 4 is 12.4 Å². The average Bonchev–Trinajstić information content (AvgIpc) is 2.65. The zero-order chi connectivity index (χ0) is 19.6. The fourth-order valence-electron chi connectivity index (χ4n) is 3.13. The molecule has 0 aromatic heterocycles. The number of nitrogens with zero attached hydrogens (tertiary/aromatic N) is 3. The largest absolute Gasteiger partial charge is 0.341 e. The number of halogens is 1. The molecule has 4 nitrogen and oxygen atoms in total. The van der Waals surface area contributed by atoms with E-state index in [1.807, 2.05) is 30.1 Å². The van der Waals surface area contributed by atoms with Crippen LogP contribution in [0.4, 0.5) is 10.1 Å². The molecule has 0 atom stereocenters. The fourth-order valence-corrected chi connectivity index (χ4v) is 3.13. The van der Waals surface area contributed by atoms with Gasteiger partial charge in [0.25, 0.3) is 0 Å². The van der Waals surface area contributed by atoms with Crippen LogP contribution in [0.5, 0.6) is 0 Å². The second-order valence-electron chi connectivity index (χ2n) is 6.44. The Labute approximate surface area is 159 Å². The van der Waals surface area contributed by atoms with Crippen molar-refractivity contribution in [3.8, 4) is 0 Å². The fraction of sp³-hybridized carbons (Fsp3) is 0.136. The minimum atomic E-state index is -0.256. The smallest absolute Gasteiger partial charge is 0.159 e. The molecule has 3 rings (SSSR count). The molecule has 138 valence electrons. The lowest BCUT2D eigenvalue weighted by Crippen LogP contribution is -2.39. The van der Waals surface area contributed by atoms with Gasteiger partial charge in [0.2, 0.25) is 0 Å². The second-order valence-corrected chi connectivity index (χ2v) is 6.44. The lowest BCUT2D eigenvalue weighted by atomic mass is 10.1. The highest BCUT2D eigenvalue weighted by atomic mass is 19.1. The molecule has 0 spiro atoms. The number of benzene rings is 2. The first-order valence-electron chi connectivity index (χ1n) is 8.60. The maximum Gasteiger partial charge on any atom is 0.159 e. The van der Waals surface area contributed by atoms with Gasteiger partial charge >= 0.3 is 0 Å². The first-order chi connectivity index (χ1) is 12.9. The quantitative estimate of drug-likeness (QED) is 0.793. The third-order valence-corrected chi connectivity index (χ3v) is 4.60. The molecule has 0 saturated carbocycles. The zero-order valence-electron chi connectivity index (χ0n) is 15.7. The number of hydrogen-bond acceptors (Lipinski definition) is 4. The normalized spacial score (nSPS) is 14.3. The summed E-state index contributed by atoms with van der Waals surface area (Å²) >= 11 is 0. The minimum Gasteiger partial charge on any atom is -0.341 e. The molecule has 27 heavy (non-hydrogen) atoms. The van der Waals surface area contributed by atoms with Gasteiger partial charge in [0.15, 0.2) is 5.82 Å². The van der Waals surface area contributed by atoms with Crippen LogP contribution in [0.2, 0.25) is 0 Å². The third kappa shape index (κ3) is 3.62. The van der Waals surface area contributed by atoms with E-state index in [2.05, 4.69) is 48.1 Å². The second kappa shape index (κ2) is 7.50. The van der Waals surface area contributed by atoms with Crippen LogP contribution >= 0.6 is 0 Å². The van der Waals surface area contributed by atoms with E-state index >= 15 is 0 Å². The van der Waals surface area contributed by atoms with Crippen LogP contribution in [0.3, 0.4) is 0 Å². The summed E-state index contributed by atoms with van der Waals surface area (Å²) in [5.41, 5.74) is 4.58. The van der Waals surface area contributed by atoms with Gasteiger partial charge in [-0.3, -0.25) is 0 Å². The summed E-state index contributed by atoms with van der Waals surface area (Å²) < 4.78 is 13.4. The Morgan fingerprint density at radius 3 is 2.41 bits per heavy atom. The third-order valence-electron chi connectivity index (χ3n) is 4.60. The van der Waals surface area contributed by atoms with Gasteiger partial charge < -0.3 is 15.1 Å². The maximum absolute atomic E-state index is 13.4. The van der Waals surface area contributed by atoms with Crippen molar-refractivity contribution in [2.24, 2.45) is 4.99 Å². The van der Waals surface area contributed by atoms with Crippen LogP contribution < -0.4 is 10.2 Å². The Morgan fingerprint density at radius 1 is 1.11 bits per heavy atom. The van der Waals surface area contributed by atoms with Gasteiger partial charge in [-0.25, -0.2) is 9.38 Å². The summed E-state index contributed by atoms with van der Waals surface area (Å²) in [5.74, 6) is 1.08. The lowest BCUT2D eigenvalue weighted by Gasteiger charge is -2.38. The van der Waals surface area contributed by atoms with Gasteiger partial charge in [-0.2, -0.15) is 0 Å². The van der Waals surface area contributed by atoms with Crippen molar-refractivity contribution in [1.82, 2.24) is 10.2 Å². The summed E-state index contributed by atoms with van der Waals surface area (Å²) in [6.07, 6.45) is 0. The molecule has 0 fully saturated rings. The van der Waals surface area contributed by atoms with E-state index in [1.54, 1.807) is 12.1 Å². The SMILES string of the molecule is C=NC1=C(N(Cc2ccc(F)cc2)c2ccccc2C)C(=C)NC(=C)N1C. The molecule has 5 heteroatoms. The molecule has 2 aromatic carbocycles. The first-order valence-corrected chi connectivity index (χ1v) is 8.60. The summed E-state index contributed by atoms with van der Waals surface area (Å²) in [6, 6.07) is 14.6. The molecule has 1 aliphatic rings. The molecule has 0 aliphatic carbocycles. The van der Waals surface area contributed by atoms with E-state index in [9.17, 15) is 4.39 Å². The number of para-hydroxylation sites is 1. The van der Waals surface area contributed by atoms with Crippen LogP contribution in [0.1, 0.15) is 11.1 Å².